The van der Waals surface area contributed by atoms with Crippen molar-refractivity contribution >= 4 is 27.5 Å². The monoisotopic (exact) mass is 362 g/mol. The fraction of sp³-hybridized carbons (Fsp3) is 0.0625. The van der Waals surface area contributed by atoms with Gasteiger partial charge in [0, 0.05) is 15.7 Å². The normalized spacial score (nSPS) is 12.3. The molecule has 0 bridgehead atoms. The topological polar surface area (TPSA) is 38.1 Å². The zero-order valence-electron chi connectivity index (χ0n) is 10.9. The molecule has 106 valence electrons. The Morgan fingerprint density at radius 2 is 1.86 bits per heavy atom. The average Bonchev–Trinajstić information content (AvgIpc) is 2.95. The molecule has 1 unspecified atom stereocenters. The van der Waals surface area contributed by atoms with Crippen LogP contribution in [0, 0.1) is 0 Å². The molecular formula is C16H12BrClN2O. The smallest absolute Gasteiger partial charge is 0.121 e. The Labute approximate surface area is 135 Å². The summed E-state index contributed by atoms with van der Waals surface area (Å²) in [5.74, 6) is 0. The highest BCUT2D eigenvalue weighted by atomic mass is 79.9. The lowest BCUT2D eigenvalue weighted by Crippen LogP contribution is -2.08. The fourth-order valence-corrected chi connectivity index (χ4v) is 3.10. The minimum atomic E-state index is -0.803. The predicted octanol–water partition coefficient (Wildman–Crippen LogP) is 4.37. The number of aliphatic hydroxyl groups excluding tert-OH is 1. The van der Waals surface area contributed by atoms with E-state index in [0.29, 0.717) is 16.3 Å². The molecule has 0 fully saturated rings. The van der Waals surface area contributed by atoms with Gasteiger partial charge in [-0.3, -0.25) is 0 Å². The van der Waals surface area contributed by atoms with Gasteiger partial charge < -0.3 is 5.11 Å². The van der Waals surface area contributed by atoms with Crippen LogP contribution in [-0.2, 0) is 0 Å². The average molecular weight is 364 g/mol. The molecule has 3 nitrogen and oxygen atoms in total. The first-order valence-electron chi connectivity index (χ1n) is 6.38. The minimum absolute atomic E-state index is 0.573. The summed E-state index contributed by atoms with van der Waals surface area (Å²) in [4.78, 5) is 0. The zero-order valence-corrected chi connectivity index (χ0v) is 13.3. The number of halogens is 2. The fourth-order valence-electron chi connectivity index (χ4n) is 2.21. The first kappa shape index (κ1) is 14.3. The molecule has 0 radical (unpaired) electrons. The van der Waals surface area contributed by atoms with Gasteiger partial charge in [0.2, 0.25) is 0 Å². The molecule has 1 aromatic heterocycles. The van der Waals surface area contributed by atoms with Gasteiger partial charge >= 0.3 is 0 Å². The van der Waals surface area contributed by atoms with Crippen LogP contribution in [0.4, 0.5) is 0 Å². The van der Waals surface area contributed by atoms with Crippen LogP contribution in [0.5, 0.6) is 0 Å². The quantitative estimate of drug-likeness (QED) is 0.750. The second-order valence-electron chi connectivity index (χ2n) is 4.61. The second kappa shape index (κ2) is 6.02. The van der Waals surface area contributed by atoms with Gasteiger partial charge in [-0.1, -0.05) is 45.7 Å². The third-order valence-corrected chi connectivity index (χ3v) is 3.83. The molecule has 0 saturated heterocycles. The number of hydrogen-bond donors (Lipinski definition) is 1. The summed E-state index contributed by atoms with van der Waals surface area (Å²) in [6, 6.07) is 16.9. The second-order valence-corrected chi connectivity index (χ2v) is 5.96. The van der Waals surface area contributed by atoms with Crippen molar-refractivity contribution in [1.82, 2.24) is 9.78 Å². The molecule has 21 heavy (non-hydrogen) atoms. The van der Waals surface area contributed by atoms with Crippen molar-refractivity contribution in [3.05, 3.63) is 81.5 Å². The summed E-state index contributed by atoms with van der Waals surface area (Å²) >= 11 is 9.44. The lowest BCUT2D eigenvalue weighted by atomic mass is 10.1. The van der Waals surface area contributed by atoms with Crippen molar-refractivity contribution < 1.29 is 5.11 Å². The number of aliphatic hydroxyl groups is 1. The van der Waals surface area contributed by atoms with Crippen LogP contribution < -0.4 is 0 Å². The van der Waals surface area contributed by atoms with Gasteiger partial charge in [-0.25, -0.2) is 4.68 Å². The van der Waals surface area contributed by atoms with Gasteiger partial charge in [-0.05, 0) is 42.0 Å². The van der Waals surface area contributed by atoms with Crippen molar-refractivity contribution in [2.45, 2.75) is 6.10 Å². The predicted molar refractivity (Wildman–Crippen MR) is 86.8 cm³/mol. The molecule has 0 aliphatic rings. The van der Waals surface area contributed by atoms with Crippen LogP contribution in [-0.4, -0.2) is 14.9 Å². The molecule has 2 aromatic carbocycles. The minimum Gasteiger partial charge on any atom is -0.382 e. The maximum absolute atomic E-state index is 10.6. The van der Waals surface area contributed by atoms with E-state index in [-0.39, 0.29) is 0 Å². The first-order valence-corrected chi connectivity index (χ1v) is 7.55. The molecule has 5 heteroatoms. The third kappa shape index (κ3) is 3.02. The Balaban J connectivity index is 2.03. The SMILES string of the molecule is OC(c1cc(Cl)cc(Br)c1)c1ccnn1-c1ccccc1. The van der Waals surface area contributed by atoms with Gasteiger partial charge in [0.25, 0.3) is 0 Å². The van der Waals surface area contributed by atoms with E-state index in [0.717, 1.165) is 10.2 Å². The summed E-state index contributed by atoms with van der Waals surface area (Å²) in [5.41, 5.74) is 2.31. The molecule has 0 amide bonds. The van der Waals surface area contributed by atoms with Crippen LogP contribution >= 0.6 is 27.5 Å². The van der Waals surface area contributed by atoms with Crippen LogP contribution in [0.15, 0.2) is 65.3 Å². The summed E-state index contributed by atoms with van der Waals surface area (Å²) in [6.45, 7) is 0. The molecule has 0 spiro atoms. The lowest BCUT2D eigenvalue weighted by Gasteiger charge is -2.14. The molecule has 1 heterocycles. The van der Waals surface area contributed by atoms with E-state index in [4.69, 9.17) is 11.6 Å². The molecule has 0 aliphatic heterocycles. The summed E-state index contributed by atoms with van der Waals surface area (Å²) in [6.07, 6.45) is 0.869. The van der Waals surface area contributed by atoms with E-state index in [1.54, 1.807) is 29.1 Å². The molecule has 3 rings (SSSR count). The van der Waals surface area contributed by atoms with E-state index in [9.17, 15) is 5.11 Å². The zero-order chi connectivity index (χ0) is 14.8. The van der Waals surface area contributed by atoms with Crippen LogP contribution in [0.25, 0.3) is 5.69 Å². The van der Waals surface area contributed by atoms with Crippen molar-refractivity contribution in [3.8, 4) is 5.69 Å². The van der Waals surface area contributed by atoms with Crippen LogP contribution in [0.1, 0.15) is 17.4 Å². The highest BCUT2D eigenvalue weighted by Crippen LogP contribution is 2.28. The van der Waals surface area contributed by atoms with Gasteiger partial charge in [0.05, 0.1) is 11.4 Å². The molecule has 3 aromatic rings. The van der Waals surface area contributed by atoms with E-state index in [1.165, 1.54) is 0 Å². The summed E-state index contributed by atoms with van der Waals surface area (Å²) in [7, 11) is 0. The van der Waals surface area contributed by atoms with Gasteiger partial charge in [-0.15, -0.1) is 0 Å². The number of hydrogen-bond acceptors (Lipinski definition) is 2. The number of rotatable bonds is 3. The third-order valence-electron chi connectivity index (χ3n) is 3.15. The van der Waals surface area contributed by atoms with Crippen molar-refractivity contribution in [1.29, 1.82) is 0 Å². The van der Waals surface area contributed by atoms with Gasteiger partial charge in [0.1, 0.15) is 6.10 Å². The number of aromatic nitrogens is 2. The summed E-state index contributed by atoms with van der Waals surface area (Å²) < 4.78 is 2.55. The largest absolute Gasteiger partial charge is 0.382 e. The Hall–Kier alpha value is -1.62. The van der Waals surface area contributed by atoms with E-state index >= 15 is 0 Å². The molecular weight excluding hydrogens is 352 g/mol. The standard InChI is InChI=1S/C16H12BrClN2O/c17-12-8-11(9-13(18)10-12)16(21)15-6-7-19-20(15)14-4-2-1-3-5-14/h1-10,16,21H. The van der Waals surface area contributed by atoms with Gasteiger partial charge in [-0.2, -0.15) is 5.10 Å². The molecule has 1 N–H and O–H groups in total. The van der Waals surface area contributed by atoms with E-state index in [1.807, 2.05) is 36.4 Å². The molecule has 0 aliphatic carbocycles. The first-order chi connectivity index (χ1) is 10.1. The van der Waals surface area contributed by atoms with E-state index in [2.05, 4.69) is 21.0 Å². The van der Waals surface area contributed by atoms with E-state index < -0.39 is 6.10 Å². The Kier molecular flexibility index (Phi) is 4.10. The van der Waals surface area contributed by atoms with Crippen LogP contribution in [0.2, 0.25) is 5.02 Å². The highest BCUT2D eigenvalue weighted by Gasteiger charge is 2.17. The van der Waals surface area contributed by atoms with Crippen LogP contribution in [0.3, 0.4) is 0 Å². The van der Waals surface area contributed by atoms with Crippen molar-refractivity contribution in [2.75, 3.05) is 0 Å². The Bertz CT molecular complexity index is 738. The Morgan fingerprint density at radius 1 is 1.10 bits per heavy atom. The number of para-hydroxylation sites is 1. The maximum Gasteiger partial charge on any atom is 0.121 e. The molecule has 0 saturated carbocycles. The Morgan fingerprint density at radius 3 is 2.57 bits per heavy atom. The number of nitrogens with zero attached hydrogens (tertiary/aromatic N) is 2. The maximum atomic E-state index is 10.6. The molecule has 1 atom stereocenters. The number of benzene rings is 2. The van der Waals surface area contributed by atoms with Gasteiger partial charge in [0.15, 0.2) is 0 Å². The van der Waals surface area contributed by atoms with Crippen molar-refractivity contribution in [3.63, 3.8) is 0 Å². The lowest BCUT2D eigenvalue weighted by molar-refractivity contribution is 0.212. The summed E-state index contributed by atoms with van der Waals surface area (Å²) in [5, 5.41) is 15.5. The van der Waals surface area contributed by atoms with Crippen molar-refractivity contribution in [2.24, 2.45) is 0 Å². The highest BCUT2D eigenvalue weighted by molar-refractivity contribution is 9.10.